The average molecular weight is 295 g/mol. The Morgan fingerprint density at radius 1 is 1.29 bits per heavy atom. The van der Waals surface area contributed by atoms with Crippen molar-refractivity contribution >= 4 is 0 Å². The molecule has 0 amide bonds. The largest absolute Gasteiger partial charge is 0.485 e. The number of aliphatic hydroxyl groups excluding tert-OH is 1. The lowest BCUT2D eigenvalue weighted by atomic mass is 10.1. The number of aliphatic hydroxyl groups is 1. The normalized spacial score (nSPS) is 22.8. The molecule has 0 heterocycles. The quantitative estimate of drug-likeness (QED) is 0.624. The molecule has 1 aromatic rings. The molecule has 21 heavy (non-hydrogen) atoms. The van der Waals surface area contributed by atoms with Crippen molar-refractivity contribution in [3.8, 4) is 5.75 Å². The molecule has 1 fully saturated rings. The van der Waals surface area contributed by atoms with Crippen LogP contribution in [0.4, 0.5) is 4.39 Å². The highest BCUT2D eigenvalue weighted by atomic mass is 19.1. The van der Waals surface area contributed by atoms with Crippen LogP contribution in [0.5, 0.6) is 5.75 Å². The van der Waals surface area contributed by atoms with E-state index in [2.05, 4.69) is 12.2 Å². The second kappa shape index (κ2) is 8.35. The zero-order valence-electron chi connectivity index (χ0n) is 12.8. The molecule has 0 spiro atoms. The monoisotopic (exact) mass is 295 g/mol. The first-order chi connectivity index (χ1) is 10.2. The lowest BCUT2D eigenvalue weighted by Crippen LogP contribution is -2.30. The van der Waals surface area contributed by atoms with Crippen molar-refractivity contribution in [3.63, 3.8) is 0 Å². The highest BCUT2D eigenvalue weighted by molar-refractivity contribution is 5.29. The number of hydrogen-bond acceptors (Lipinski definition) is 3. The minimum Gasteiger partial charge on any atom is -0.485 e. The maximum Gasteiger partial charge on any atom is 0.165 e. The number of rotatable bonds is 6. The zero-order chi connectivity index (χ0) is 15.1. The van der Waals surface area contributed by atoms with Crippen molar-refractivity contribution in [2.45, 2.75) is 64.2 Å². The Morgan fingerprint density at radius 2 is 2.10 bits per heavy atom. The van der Waals surface area contributed by atoms with E-state index >= 15 is 0 Å². The van der Waals surface area contributed by atoms with Gasteiger partial charge in [-0.1, -0.05) is 25.8 Å². The average Bonchev–Trinajstić information content (AvgIpc) is 2.67. The third-order valence-electron chi connectivity index (χ3n) is 3.95. The fraction of sp³-hybridized carbons (Fsp3) is 0.647. The van der Waals surface area contributed by atoms with Crippen molar-refractivity contribution < 1.29 is 14.2 Å². The molecule has 2 N–H and O–H groups in total. The van der Waals surface area contributed by atoms with E-state index in [1.54, 1.807) is 6.07 Å². The third kappa shape index (κ3) is 4.97. The van der Waals surface area contributed by atoms with Crippen LogP contribution in [-0.4, -0.2) is 23.9 Å². The second-order valence-electron chi connectivity index (χ2n) is 5.80. The summed E-state index contributed by atoms with van der Waals surface area (Å²) in [7, 11) is 0. The van der Waals surface area contributed by atoms with Gasteiger partial charge in [-0.2, -0.15) is 0 Å². The van der Waals surface area contributed by atoms with Gasteiger partial charge in [-0.3, -0.25) is 0 Å². The number of ether oxygens (including phenoxy) is 1. The predicted molar refractivity (Wildman–Crippen MR) is 81.9 cm³/mol. The SMILES string of the molecule is CCCNCc1ccc(OC2CCCCCC2O)c(F)c1. The van der Waals surface area contributed by atoms with Gasteiger partial charge in [-0.05, 0) is 49.9 Å². The van der Waals surface area contributed by atoms with Gasteiger partial charge in [-0.15, -0.1) is 0 Å². The van der Waals surface area contributed by atoms with Crippen LogP contribution in [0.2, 0.25) is 0 Å². The van der Waals surface area contributed by atoms with E-state index in [-0.39, 0.29) is 17.7 Å². The Balaban J connectivity index is 1.96. The summed E-state index contributed by atoms with van der Waals surface area (Å²) in [6, 6.07) is 5.07. The predicted octanol–water partition coefficient (Wildman–Crippen LogP) is 3.40. The molecule has 0 aromatic heterocycles. The van der Waals surface area contributed by atoms with Gasteiger partial charge >= 0.3 is 0 Å². The molecule has 0 aliphatic heterocycles. The molecular formula is C17H26FNO2. The van der Waals surface area contributed by atoms with Crippen molar-refractivity contribution in [3.05, 3.63) is 29.6 Å². The number of halogens is 1. The molecular weight excluding hydrogens is 269 g/mol. The Labute approximate surface area is 126 Å². The van der Waals surface area contributed by atoms with Crippen LogP contribution in [0.1, 0.15) is 51.0 Å². The highest BCUT2D eigenvalue weighted by Gasteiger charge is 2.24. The van der Waals surface area contributed by atoms with Crippen molar-refractivity contribution in [1.29, 1.82) is 0 Å². The lowest BCUT2D eigenvalue weighted by molar-refractivity contribution is 0.0298. The molecule has 2 rings (SSSR count). The van der Waals surface area contributed by atoms with Gasteiger partial charge in [0.2, 0.25) is 0 Å². The molecule has 3 nitrogen and oxygen atoms in total. The Kier molecular flexibility index (Phi) is 6.46. The van der Waals surface area contributed by atoms with Crippen molar-refractivity contribution in [1.82, 2.24) is 5.32 Å². The van der Waals surface area contributed by atoms with Gasteiger partial charge < -0.3 is 15.2 Å². The highest BCUT2D eigenvalue weighted by Crippen LogP contribution is 2.25. The standard InChI is InChI=1S/C17H26FNO2/c1-2-10-19-12-13-8-9-16(14(18)11-13)21-17-7-5-3-4-6-15(17)20/h8-9,11,15,17,19-20H,2-7,10,12H2,1H3. The maximum absolute atomic E-state index is 14.1. The zero-order valence-corrected chi connectivity index (χ0v) is 12.8. The molecule has 118 valence electrons. The topological polar surface area (TPSA) is 41.5 Å². The third-order valence-corrected chi connectivity index (χ3v) is 3.95. The number of benzene rings is 1. The summed E-state index contributed by atoms with van der Waals surface area (Å²) in [5.41, 5.74) is 0.912. The maximum atomic E-state index is 14.1. The van der Waals surface area contributed by atoms with E-state index in [0.717, 1.165) is 50.6 Å². The minimum absolute atomic E-state index is 0.250. The van der Waals surface area contributed by atoms with Gasteiger partial charge in [-0.25, -0.2) is 4.39 Å². The minimum atomic E-state index is -0.488. The molecule has 2 unspecified atom stereocenters. The van der Waals surface area contributed by atoms with E-state index in [9.17, 15) is 9.50 Å². The van der Waals surface area contributed by atoms with Crippen LogP contribution in [0, 0.1) is 5.82 Å². The summed E-state index contributed by atoms with van der Waals surface area (Å²) < 4.78 is 19.8. The van der Waals surface area contributed by atoms with Gasteiger partial charge in [0, 0.05) is 6.54 Å². The lowest BCUT2D eigenvalue weighted by Gasteiger charge is -2.22. The smallest absolute Gasteiger partial charge is 0.165 e. The van der Waals surface area contributed by atoms with Crippen molar-refractivity contribution in [2.75, 3.05) is 6.54 Å². The second-order valence-corrected chi connectivity index (χ2v) is 5.80. The summed E-state index contributed by atoms with van der Waals surface area (Å²) >= 11 is 0. The Bertz CT molecular complexity index is 439. The summed E-state index contributed by atoms with van der Waals surface area (Å²) in [6.07, 6.45) is 4.98. The van der Waals surface area contributed by atoms with Crippen LogP contribution in [0.15, 0.2) is 18.2 Å². The van der Waals surface area contributed by atoms with E-state index in [1.807, 2.05) is 6.07 Å². The Morgan fingerprint density at radius 3 is 2.86 bits per heavy atom. The molecule has 2 atom stereocenters. The van der Waals surface area contributed by atoms with Crippen LogP contribution in [-0.2, 0) is 6.54 Å². The van der Waals surface area contributed by atoms with E-state index < -0.39 is 6.10 Å². The molecule has 0 radical (unpaired) electrons. The fourth-order valence-electron chi connectivity index (χ4n) is 2.71. The molecule has 1 aromatic carbocycles. The van der Waals surface area contributed by atoms with E-state index in [1.165, 1.54) is 6.07 Å². The van der Waals surface area contributed by atoms with Gasteiger partial charge in [0.25, 0.3) is 0 Å². The summed E-state index contributed by atoms with van der Waals surface area (Å²) in [5.74, 6) is -0.0950. The van der Waals surface area contributed by atoms with E-state index in [4.69, 9.17) is 4.74 Å². The fourth-order valence-corrected chi connectivity index (χ4v) is 2.71. The van der Waals surface area contributed by atoms with Gasteiger partial charge in [0.15, 0.2) is 11.6 Å². The first-order valence-electron chi connectivity index (χ1n) is 8.04. The first-order valence-corrected chi connectivity index (χ1v) is 8.04. The van der Waals surface area contributed by atoms with Crippen LogP contribution in [0.25, 0.3) is 0 Å². The van der Waals surface area contributed by atoms with Crippen LogP contribution >= 0.6 is 0 Å². The number of nitrogens with one attached hydrogen (secondary N) is 1. The summed E-state index contributed by atoms with van der Waals surface area (Å²) in [6.45, 7) is 3.69. The summed E-state index contributed by atoms with van der Waals surface area (Å²) in [4.78, 5) is 0. The summed E-state index contributed by atoms with van der Waals surface area (Å²) in [5, 5.41) is 13.3. The molecule has 0 bridgehead atoms. The molecule has 1 saturated carbocycles. The Hall–Kier alpha value is -1.13. The molecule has 4 heteroatoms. The molecule has 1 aliphatic carbocycles. The first kappa shape index (κ1) is 16.2. The van der Waals surface area contributed by atoms with E-state index in [0.29, 0.717) is 6.54 Å². The van der Waals surface area contributed by atoms with Crippen LogP contribution < -0.4 is 10.1 Å². The molecule has 0 saturated heterocycles. The number of hydrogen-bond donors (Lipinski definition) is 2. The van der Waals surface area contributed by atoms with Crippen molar-refractivity contribution in [2.24, 2.45) is 0 Å². The van der Waals surface area contributed by atoms with Gasteiger partial charge in [0.05, 0.1) is 6.10 Å². The van der Waals surface area contributed by atoms with Gasteiger partial charge in [0.1, 0.15) is 6.10 Å². The van der Waals surface area contributed by atoms with Crippen LogP contribution in [0.3, 0.4) is 0 Å². The molecule has 1 aliphatic rings.